The Bertz CT molecular complexity index is 516. The second kappa shape index (κ2) is 6.83. The third-order valence-corrected chi connectivity index (χ3v) is 3.01. The van der Waals surface area contributed by atoms with Gasteiger partial charge in [0.1, 0.15) is 5.69 Å². The van der Waals surface area contributed by atoms with Gasteiger partial charge in [-0.05, 0) is 24.3 Å². The van der Waals surface area contributed by atoms with E-state index in [1.165, 1.54) is 12.1 Å². The Morgan fingerprint density at radius 3 is 2.60 bits per heavy atom. The van der Waals surface area contributed by atoms with E-state index < -0.39 is 5.97 Å². The molecule has 0 fully saturated rings. The third kappa shape index (κ3) is 5.64. The van der Waals surface area contributed by atoms with Crippen LogP contribution in [0.2, 0.25) is 0 Å². The van der Waals surface area contributed by atoms with Gasteiger partial charge in [0.2, 0.25) is 0 Å². The van der Waals surface area contributed by atoms with Crippen molar-refractivity contribution in [3.63, 3.8) is 0 Å². The Morgan fingerprint density at radius 2 is 2.05 bits per heavy atom. The monoisotopic (exact) mass is 281 g/mol. The fourth-order valence-corrected chi connectivity index (χ4v) is 1.65. The summed E-state index contributed by atoms with van der Waals surface area (Å²) in [4.78, 5) is 33.1. The summed E-state index contributed by atoms with van der Waals surface area (Å²) in [5.74, 6) is -1.19. The van der Waals surface area contributed by atoms with Gasteiger partial charge in [-0.3, -0.25) is 14.4 Å². The Labute approximate surface area is 116 Å². The fraction of sp³-hybridized carbons (Fsp3) is 0.538. The van der Waals surface area contributed by atoms with Crippen LogP contribution >= 0.6 is 0 Å². The summed E-state index contributed by atoms with van der Waals surface area (Å²) in [5, 5.41) is 17.2. The SMILES string of the molecule is CC(C)(CCNC(=O)c1ccc(=O)[nH]n1)CCC(=O)O. The minimum atomic E-state index is -0.820. The highest BCUT2D eigenvalue weighted by Gasteiger charge is 2.19. The number of aromatic amines is 1. The number of aromatic nitrogens is 2. The van der Waals surface area contributed by atoms with Gasteiger partial charge in [0.15, 0.2) is 0 Å². The molecule has 0 saturated heterocycles. The van der Waals surface area contributed by atoms with Crippen molar-refractivity contribution >= 4 is 11.9 Å². The van der Waals surface area contributed by atoms with E-state index in [9.17, 15) is 14.4 Å². The molecule has 0 unspecified atom stereocenters. The molecule has 0 radical (unpaired) electrons. The second-order valence-corrected chi connectivity index (χ2v) is 5.37. The van der Waals surface area contributed by atoms with Gasteiger partial charge in [-0.2, -0.15) is 5.10 Å². The zero-order chi connectivity index (χ0) is 15.2. The number of amides is 1. The van der Waals surface area contributed by atoms with E-state index >= 15 is 0 Å². The van der Waals surface area contributed by atoms with Gasteiger partial charge in [-0.1, -0.05) is 13.8 Å². The van der Waals surface area contributed by atoms with Gasteiger partial charge in [0, 0.05) is 19.0 Å². The zero-order valence-corrected chi connectivity index (χ0v) is 11.6. The predicted molar refractivity (Wildman–Crippen MR) is 72.5 cm³/mol. The number of rotatable bonds is 7. The highest BCUT2D eigenvalue weighted by molar-refractivity contribution is 5.91. The minimum absolute atomic E-state index is 0.114. The van der Waals surface area contributed by atoms with Crippen molar-refractivity contribution in [1.82, 2.24) is 15.5 Å². The summed E-state index contributed by atoms with van der Waals surface area (Å²) >= 11 is 0. The molecule has 0 spiro atoms. The van der Waals surface area contributed by atoms with Crippen molar-refractivity contribution in [3.8, 4) is 0 Å². The molecule has 0 atom stereocenters. The number of carbonyl (C=O) groups excluding carboxylic acids is 1. The molecule has 1 aromatic heterocycles. The molecule has 0 aromatic carbocycles. The van der Waals surface area contributed by atoms with Crippen molar-refractivity contribution in [3.05, 3.63) is 28.2 Å². The summed E-state index contributed by atoms with van der Waals surface area (Å²) in [5.41, 5.74) is -0.381. The molecule has 7 heteroatoms. The van der Waals surface area contributed by atoms with E-state index in [1.807, 2.05) is 13.8 Å². The maximum absolute atomic E-state index is 11.7. The van der Waals surface area contributed by atoms with E-state index in [-0.39, 0.29) is 29.0 Å². The van der Waals surface area contributed by atoms with Crippen molar-refractivity contribution in [1.29, 1.82) is 0 Å². The van der Waals surface area contributed by atoms with Crippen molar-refractivity contribution < 1.29 is 14.7 Å². The number of hydrogen-bond donors (Lipinski definition) is 3. The van der Waals surface area contributed by atoms with Gasteiger partial charge in [-0.25, -0.2) is 5.10 Å². The van der Waals surface area contributed by atoms with Gasteiger partial charge in [0.05, 0.1) is 0 Å². The van der Waals surface area contributed by atoms with Gasteiger partial charge in [-0.15, -0.1) is 0 Å². The van der Waals surface area contributed by atoms with E-state index in [0.717, 1.165) is 0 Å². The maximum atomic E-state index is 11.7. The first-order valence-electron chi connectivity index (χ1n) is 6.36. The van der Waals surface area contributed by atoms with Gasteiger partial charge < -0.3 is 10.4 Å². The fourth-order valence-electron chi connectivity index (χ4n) is 1.65. The first-order valence-corrected chi connectivity index (χ1v) is 6.36. The highest BCUT2D eigenvalue weighted by atomic mass is 16.4. The topological polar surface area (TPSA) is 112 Å². The smallest absolute Gasteiger partial charge is 0.303 e. The molecule has 1 amide bonds. The normalized spacial score (nSPS) is 11.1. The highest BCUT2D eigenvalue weighted by Crippen LogP contribution is 2.25. The number of aliphatic carboxylic acids is 1. The van der Waals surface area contributed by atoms with Crippen LogP contribution in [-0.2, 0) is 4.79 Å². The largest absolute Gasteiger partial charge is 0.481 e. The van der Waals surface area contributed by atoms with E-state index in [0.29, 0.717) is 19.4 Å². The lowest BCUT2D eigenvalue weighted by atomic mass is 9.84. The van der Waals surface area contributed by atoms with Gasteiger partial charge >= 0.3 is 5.97 Å². The quantitative estimate of drug-likeness (QED) is 0.683. The second-order valence-electron chi connectivity index (χ2n) is 5.37. The van der Waals surface area contributed by atoms with Crippen molar-refractivity contribution in [2.75, 3.05) is 6.54 Å². The number of hydrogen-bond acceptors (Lipinski definition) is 4. The number of carboxylic acid groups (broad SMARTS) is 1. The molecule has 0 saturated carbocycles. The van der Waals surface area contributed by atoms with E-state index in [1.54, 1.807) is 0 Å². The molecular formula is C13H19N3O4. The standard InChI is InChI=1S/C13H19N3O4/c1-13(2,6-5-11(18)19)7-8-14-12(20)9-3-4-10(17)16-15-9/h3-4H,5-8H2,1-2H3,(H,14,20)(H,16,17)(H,18,19). The van der Waals surface area contributed by atoms with Crippen LogP contribution in [0.15, 0.2) is 16.9 Å². The number of H-pyrrole nitrogens is 1. The van der Waals surface area contributed by atoms with E-state index in [2.05, 4.69) is 15.5 Å². The van der Waals surface area contributed by atoms with Crippen LogP contribution in [0.4, 0.5) is 0 Å². The Morgan fingerprint density at radius 1 is 1.35 bits per heavy atom. The molecule has 0 aliphatic rings. The molecule has 110 valence electrons. The Balaban J connectivity index is 2.39. The minimum Gasteiger partial charge on any atom is -0.481 e. The van der Waals surface area contributed by atoms with E-state index in [4.69, 9.17) is 5.11 Å². The average molecular weight is 281 g/mol. The average Bonchev–Trinajstić information content (AvgIpc) is 2.37. The van der Waals surface area contributed by atoms with Crippen LogP contribution in [0.3, 0.4) is 0 Å². The molecule has 20 heavy (non-hydrogen) atoms. The number of carbonyl (C=O) groups is 2. The number of carboxylic acids is 1. The summed E-state index contributed by atoms with van der Waals surface area (Å²) in [6.45, 7) is 4.34. The predicted octanol–water partition coefficient (Wildman–Crippen LogP) is 0.781. The summed E-state index contributed by atoms with van der Waals surface area (Å²) in [6, 6.07) is 2.59. The van der Waals surface area contributed by atoms with Crippen LogP contribution in [0.25, 0.3) is 0 Å². The first-order chi connectivity index (χ1) is 9.30. The van der Waals surface area contributed by atoms with Crippen LogP contribution in [0.1, 0.15) is 43.6 Å². The molecule has 7 nitrogen and oxygen atoms in total. The van der Waals surface area contributed by atoms with Gasteiger partial charge in [0.25, 0.3) is 11.5 Å². The van der Waals surface area contributed by atoms with Crippen LogP contribution in [0.5, 0.6) is 0 Å². The molecule has 1 heterocycles. The first kappa shape index (κ1) is 15.9. The molecule has 1 rings (SSSR count). The Kier molecular flexibility index (Phi) is 5.42. The summed E-state index contributed by atoms with van der Waals surface area (Å²) < 4.78 is 0. The lowest BCUT2D eigenvalue weighted by molar-refractivity contribution is -0.137. The molecule has 3 N–H and O–H groups in total. The van der Waals surface area contributed by atoms with Crippen molar-refractivity contribution in [2.45, 2.75) is 33.1 Å². The summed E-state index contributed by atoms with van der Waals surface area (Å²) in [7, 11) is 0. The molecule has 1 aromatic rings. The molecule has 0 bridgehead atoms. The lowest BCUT2D eigenvalue weighted by Crippen LogP contribution is -2.29. The van der Waals surface area contributed by atoms with Crippen LogP contribution < -0.4 is 10.9 Å². The third-order valence-electron chi connectivity index (χ3n) is 3.01. The molecule has 0 aliphatic carbocycles. The molecular weight excluding hydrogens is 262 g/mol. The van der Waals surface area contributed by atoms with Crippen molar-refractivity contribution in [2.24, 2.45) is 5.41 Å². The number of nitrogens with one attached hydrogen (secondary N) is 2. The Hall–Kier alpha value is -2.18. The maximum Gasteiger partial charge on any atom is 0.303 e. The zero-order valence-electron chi connectivity index (χ0n) is 11.6. The van der Waals surface area contributed by atoms with Crippen LogP contribution in [-0.4, -0.2) is 33.7 Å². The summed E-state index contributed by atoms with van der Waals surface area (Å²) in [6.07, 6.45) is 1.33. The van der Waals surface area contributed by atoms with Crippen LogP contribution in [0, 0.1) is 5.41 Å². The number of nitrogens with zero attached hydrogens (tertiary/aromatic N) is 1. The lowest BCUT2D eigenvalue weighted by Gasteiger charge is -2.23. The molecule has 0 aliphatic heterocycles.